The molecule has 2 aliphatic rings. The highest BCUT2D eigenvalue weighted by Gasteiger charge is 2.47. The third-order valence-electron chi connectivity index (χ3n) is 5.21. The Labute approximate surface area is 126 Å². The lowest BCUT2D eigenvalue weighted by molar-refractivity contribution is 0.0889. The number of nitrogens with two attached hydrogens (primary N) is 1. The van der Waals surface area contributed by atoms with Crippen LogP contribution in [0.2, 0.25) is 5.02 Å². The van der Waals surface area contributed by atoms with Crippen LogP contribution in [-0.2, 0) is 6.54 Å². The molecule has 20 heavy (non-hydrogen) atoms. The summed E-state index contributed by atoms with van der Waals surface area (Å²) in [7, 11) is 0. The minimum Gasteiger partial charge on any atom is -0.321 e. The summed E-state index contributed by atoms with van der Waals surface area (Å²) in [5.74, 6) is 0. The molecule has 1 aromatic heterocycles. The highest BCUT2D eigenvalue weighted by molar-refractivity contribution is 6.31. The maximum atomic E-state index is 6.75. The summed E-state index contributed by atoms with van der Waals surface area (Å²) in [4.78, 5) is 2.63. The number of halogens is 1. The maximum absolute atomic E-state index is 6.75. The van der Waals surface area contributed by atoms with E-state index in [1.165, 1.54) is 51.6 Å². The monoisotopic (exact) mass is 296 g/mol. The predicted octanol–water partition coefficient (Wildman–Crippen LogP) is 2.96. The number of aromatic nitrogens is 2. The molecule has 0 spiro atoms. The Hall–Kier alpha value is -0.580. The molecule has 2 N–H and O–H groups in total. The summed E-state index contributed by atoms with van der Waals surface area (Å²) in [6, 6.07) is -0.0296. The molecule has 0 radical (unpaired) electrons. The van der Waals surface area contributed by atoms with Gasteiger partial charge < -0.3 is 5.73 Å². The Bertz CT molecular complexity index is 458. The van der Waals surface area contributed by atoms with Gasteiger partial charge in [-0.1, -0.05) is 24.4 Å². The quantitative estimate of drug-likeness (QED) is 0.929. The number of rotatable bonds is 4. The summed E-state index contributed by atoms with van der Waals surface area (Å²) >= 11 is 6.38. The summed E-state index contributed by atoms with van der Waals surface area (Å²) in [6.45, 7) is 5.29. The number of likely N-dealkylation sites (tertiary alicyclic amines) is 1. The van der Waals surface area contributed by atoms with Gasteiger partial charge in [0.15, 0.2) is 0 Å². The number of hydrogen-bond acceptors (Lipinski definition) is 3. The zero-order chi connectivity index (χ0) is 14.2. The molecule has 2 fully saturated rings. The molecule has 3 rings (SSSR count). The van der Waals surface area contributed by atoms with E-state index in [0.717, 1.165) is 17.3 Å². The van der Waals surface area contributed by atoms with Crippen LogP contribution < -0.4 is 5.73 Å². The van der Waals surface area contributed by atoms with Crippen LogP contribution in [0.15, 0.2) is 6.20 Å². The van der Waals surface area contributed by atoms with Gasteiger partial charge in [0.2, 0.25) is 0 Å². The molecule has 112 valence electrons. The molecule has 1 aromatic rings. The Balaban J connectivity index is 1.96. The largest absolute Gasteiger partial charge is 0.321 e. The van der Waals surface area contributed by atoms with E-state index in [4.69, 9.17) is 17.3 Å². The average molecular weight is 297 g/mol. The second-order valence-corrected chi connectivity index (χ2v) is 6.58. The van der Waals surface area contributed by atoms with Crippen molar-refractivity contribution >= 4 is 11.6 Å². The zero-order valence-electron chi connectivity index (χ0n) is 12.3. The molecule has 1 saturated heterocycles. The van der Waals surface area contributed by atoms with Crippen molar-refractivity contribution in [1.82, 2.24) is 14.7 Å². The van der Waals surface area contributed by atoms with Gasteiger partial charge in [-0.25, -0.2) is 0 Å². The fourth-order valence-electron chi connectivity index (χ4n) is 4.16. The van der Waals surface area contributed by atoms with E-state index < -0.39 is 0 Å². The SMILES string of the molecule is CCn1ncc(Cl)c1C(N)C1(N2CCCC2)CCCC1. The van der Waals surface area contributed by atoms with Crippen LogP contribution in [0.5, 0.6) is 0 Å². The van der Waals surface area contributed by atoms with Crippen molar-refractivity contribution in [1.29, 1.82) is 0 Å². The second-order valence-electron chi connectivity index (χ2n) is 6.18. The average Bonchev–Trinajstić information content (AvgIpc) is 3.18. The summed E-state index contributed by atoms with van der Waals surface area (Å²) in [6.07, 6.45) is 9.29. The van der Waals surface area contributed by atoms with Crippen LogP contribution in [0, 0.1) is 0 Å². The first-order chi connectivity index (χ1) is 9.69. The van der Waals surface area contributed by atoms with E-state index in [-0.39, 0.29) is 11.6 Å². The van der Waals surface area contributed by atoms with Crippen molar-refractivity contribution in [3.8, 4) is 0 Å². The molecule has 4 nitrogen and oxygen atoms in total. The van der Waals surface area contributed by atoms with Gasteiger partial charge in [0.1, 0.15) is 0 Å². The van der Waals surface area contributed by atoms with Crippen molar-refractivity contribution < 1.29 is 0 Å². The van der Waals surface area contributed by atoms with Crippen LogP contribution in [0.25, 0.3) is 0 Å². The summed E-state index contributed by atoms with van der Waals surface area (Å²) in [5, 5.41) is 5.10. The highest BCUT2D eigenvalue weighted by Crippen LogP contribution is 2.45. The van der Waals surface area contributed by atoms with Crippen molar-refractivity contribution in [2.24, 2.45) is 5.73 Å². The van der Waals surface area contributed by atoms with Gasteiger partial charge in [-0.15, -0.1) is 0 Å². The second kappa shape index (κ2) is 5.66. The van der Waals surface area contributed by atoms with E-state index in [1.54, 1.807) is 6.20 Å². The fourth-order valence-corrected chi connectivity index (χ4v) is 4.42. The standard InChI is InChI=1S/C15H25ClN4/c1-2-20-13(12(16)11-18-20)14(17)15(7-3-4-8-15)19-9-5-6-10-19/h11,14H,2-10,17H2,1H3. The van der Waals surface area contributed by atoms with Crippen molar-refractivity contribution in [2.75, 3.05) is 13.1 Å². The molecular weight excluding hydrogens is 272 g/mol. The Morgan fingerprint density at radius 1 is 1.30 bits per heavy atom. The minimum absolute atomic E-state index is 0.0296. The Morgan fingerprint density at radius 3 is 2.55 bits per heavy atom. The van der Waals surface area contributed by atoms with Crippen molar-refractivity contribution in [3.63, 3.8) is 0 Å². The first kappa shape index (κ1) is 14.4. The lowest BCUT2D eigenvalue weighted by Crippen LogP contribution is -2.53. The van der Waals surface area contributed by atoms with Crippen LogP contribution in [0.1, 0.15) is 57.2 Å². The van der Waals surface area contributed by atoms with Gasteiger partial charge in [0.05, 0.1) is 23.0 Å². The molecule has 0 aromatic carbocycles. The lowest BCUT2D eigenvalue weighted by Gasteiger charge is -2.43. The number of aryl methyl sites for hydroxylation is 1. The summed E-state index contributed by atoms with van der Waals surface area (Å²) in [5.41, 5.74) is 7.88. The Kier molecular flexibility index (Phi) is 4.07. The maximum Gasteiger partial charge on any atom is 0.0834 e. The Morgan fingerprint density at radius 2 is 1.95 bits per heavy atom. The van der Waals surface area contributed by atoms with Gasteiger partial charge in [-0.3, -0.25) is 9.58 Å². The van der Waals surface area contributed by atoms with Crippen LogP contribution >= 0.6 is 11.6 Å². The topological polar surface area (TPSA) is 47.1 Å². The molecule has 1 aliphatic heterocycles. The van der Waals surface area contributed by atoms with Gasteiger partial charge in [0.25, 0.3) is 0 Å². The molecule has 5 heteroatoms. The predicted molar refractivity (Wildman–Crippen MR) is 81.8 cm³/mol. The van der Waals surface area contributed by atoms with E-state index in [2.05, 4.69) is 16.9 Å². The lowest BCUT2D eigenvalue weighted by atomic mass is 9.84. The van der Waals surface area contributed by atoms with Gasteiger partial charge in [0, 0.05) is 12.1 Å². The number of hydrogen-bond donors (Lipinski definition) is 1. The van der Waals surface area contributed by atoms with Crippen molar-refractivity contribution in [3.05, 3.63) is 16.9 Å². The zero-order valence-corrected chi connectivity index (χ0v) is 13.1. The van der Waals surface area contributed by atoms with Crippen LogP contribution in [0.4, 0.5) is 0 Å². The molecule has 1 atom stereocenters. The van der Waals surface area contributed by atoms with E-state index >= 15 is 0 Å². The molecule has 2 heterocycles. The minimum atomic E-state index is -0.0296. The van der Waals surface area contributed by atoms with E-state index in [0.29, 0.717) is 0 Å². The smallest absolute Gasteiger partial charge is 0.0834 e. The molecule has 1 unspecified atom stereocenters. The highest BCUT2D eigenvalue weighted by atomic mass is 35.5. The molecule has 0 amide bonds. The van der Waals surface area contributed by atoms with Gasteiger partial charge in [-0.2, -0.15) is 5.10 Å². The number of nitrogens with zero attached hydrogens (tertiary/aromatic N) is 3. The third kappa shape index (κ3) is 2.18. The van der Waals surface area contributed by atoms with E-state index in [1.807, 2.05) is 4.68 Å². The first-order valence-electron chi connectivity index (χ1n) is 7.91. The molecular formula is C15H25ClN4. The fraction of sp³-hybridized carbons (Fsp3) is 0.800. The van der Waals surface area contributed by atoms with Crippen LogP contribution in [0.3, 0.4) is 0 Å². The molecule has 1 saturated carbocycles. The van der Waals surface area contributed by atoms with Gasteiger partial charge in [-0.05, 0) is 45.7 Å². The van der Waals surface area contributed by atoms with E-state index in [9.17, 15) is 0 Å². The summed E-state index contributed by atoms with van der Waals surface area (Å²) < 4.78 is 1.98. The molecule has 0 bridgehead atoms. The first-order valence-corrected chi connectivity index (χ1v) is 8.28. The third-order valence-corrected chi connectivity index (χ3v) is 5.50. The van der Waals surface area contributed by atoms with Crippen molar-refractivity contribution in [2.45, 2.75) is 63.6 Å². The van der Waals surface area contributed by atoms with Gasteiger partial charge >= 0.3 is 0 Å². The molecule has 1 aliphatic carbocycles. The van der Waals surface area contributed by atoms with Crippen LogP contribution in [-0.4, -0.2) is 33.3 Å². The normalized spacial score (nSPS) is 24.4.